The van der Waals surface area contributed by atoms with E-state index >= 15 is 0 Å². The molecule has 0 fully saturated rings. The molecule has 3 N–H and O–H groups in total. The smallest absolute Gasteiger partial charge is 0.325 e. The van der Waals surface area contributed by atoms with Gasteiger partial charge in [0, 0.05) is 46.5 Å². The van der Waals surface area contributed by atoms with Gasteiger partial charge in [0.15, 0.2) is 0 Å². The highest BCUT2D eigenvalue weighted by Crippen LogP contribution is 2.37. The molecule has 6 rings (SSSR count). The molecule has 6 aromatic rings. The Bertz CT molecular complexity index is 2730. The Morgan fingerprint density at radius 1 is 0.791 bits per heavy atom. The number of nitrogens with zero attached hydrogens (tertiary/aromatic N) is 4. The van der Waals surface area contributed by atoms with Crippen molar-refractivity contribution in [3.05, 3.63) is 134 Å². The van der Waals surface area contributed by atoms with Crippen molar-refractivity contribution in [1.82, 2.24) is 20.1 Å². The van der Waals surface area contributed by atoms with Gasteiger partial charge in [-0.2, -0.15) is 10.4 Å². The third-order valence-corrected chi connectivity index (χ3v) is 11.7. The number of aryl methyl sites for hydroxylation is 1. The average molecular weight is 953 g/mol. The summed E-state index contributed by atoms with van der Waals surface area (Å²) in [6, 6.07) is 22.0. The lowest BCUT2D eigenvalue weighted by Crippen LogP contribution is -2.41. The molecular weight excluding hydrogens is 897 g/mol. The maximum absolute atomic E-state index is 12.6. The Morgan fingerprint density at radius 3 is 2.22 bits per heavy atom. The quantitative estimate of drug-likeness (QED) is 0.0549. The number of aromatic nitrogens is 3. The van der Waals surface area contributed by atoms with Gasteiger partial charge in [0.2, 0.25) is 0 Å². The largest absolute Gasteiger partial charge is 0.496 e. The van der Waals surface area contributed by atoms with E-state index in [2.05, 4.69) is 28.5 Å². The molecule has 352 valence electrons. The van der Waals surface area contributed by atoms with Crippen LogP contribution >= 0.6 is 23.2 Å². The van der Waals surface area contributed by atoms with E-state index in [1.807, 2.05) is 48.1 Å². The highest BCUT2D eigenvalue weighted by molar-refractivity contribution is 6.32. The van der Waals surface area contributed by atoms with E-state index in [9.17, 15) is 25.1 Å². The molecule has 2 atom stereocenters. The number of hydrogen-bond donors (Lipinski definition) is 3. The third-order valence-electron chi connectivity index (χ3n) is 11.0. The molecule has 0 aliphatic carbocycles. The molecule has 67 heavy (non-hydrogen) atoms. The van der Waals surface area contributed by atoms with Crippen molar-refractivity contribution in [3.63, 3.8) is 0 Å². The van der Waals surface area contributed by atoms with Gasteiger partial charge >= 0.3 is 11.9 Å². The predicted molar refractivity (Wildman–Crippen MR) is 255 cm³/mol. The zero-order valence-electron chi connectivity index (χ0n) is 38.3. The van der Waals surface area contributed by atoms with Crippen molar-refractivity contribution >= 4 is 46.0 Å². The zero-order valence-corrected chi connectivity index (χ0v) is 39.9. The number of esters is 2. The molecule has 0 saturated heterocycles. The first-order valence-corrected chi connectivity index (χ1v) is 22.7. The van der Waals surface area contributed by atoms with Gasteiger partial charge in [-0.15, -0.1) is 0 Å². The molecule has 2 aromatic heterocycles. The highest BCUT2D eigenvalue weighted by atomic mass is 35.5. The van der Waals surface area contributed by atoms with Crippen LogP contribution < -0.4 is 19.5 Å². The summed E-state index contributed by atoms with van der Waals surface area (Å²) in [5.41, 5.74) is 8.02. The summed E-state index contributed by atoms with van der Waals surface area (Å²) in [5, 5.41) is 38.8. The lowest BCUT2D eigenvalue weighted by molar-refractivity contribution is -0.154. The van der Waals surface area contributed by atoms with Crippen molar-refractivity contribution < 1.29 is 43.5 Å². The second kappa shape index (κ2) is 23.5. The number of hydrogen-bond acceptors (Lipinski definition) is 13. The minimum atomic E-state index is -0.972. The Morgan fingerprint density at radius 2 is 1.51 bits per heavy atom. The van der Waals surface area contributed by atoms with Crippen LogP contribution in [0, 0.1) is 24.2 Å². The van der Waals surface area contributed by atoms with Gasteiger partial charge in [0.05, 0.1) is 67.3 Å². The number of halogens is 2. The first-order valence-electron chi connectivity index (χ1n) is 21.9. The van der Waals surface area contributed by atoms with E-state index in [1.54, 1.807) is 65.3 Å². The molecule has 0 unspecified atom stereocenters. The highest BCUT2D eigenvalue weighted by Gasteiger charge is 2.24. The molecule has 0 saturated carbocycles. The number of aliphatic hydroxyl groups is 2. The number of fused-ring (bicyclic) bond motifs is 1. The minimum absolute atomic E-state index is 0.103. The molecular formula is C51H55Cl2N5O9. The van der Waals surface area contributed by atoms with E-state index in [1.165, 1.54) is 6.20 Å². The molecule has 0 amide bonds. The van der Waals surface area contributed by atoms with E-state index in [0.717, 1.165) is 44.3 Å². The summed E-state index contributed by atoms with van der Waals surface area (Å²) >= 11 is 13.7. The minimum Gasteiger partial charge on any atom is -0.496 e. The van der Waals surface area contributed by atoms with E-state index in [4.69, 9.17) is 52.0 Å². The van der Waals surface area contributed by atoms with Crippen LogP contribution in [0.1, 0.15) is 73.1 Å². The lowest BCUT2D eigenvalue weighted by atomic mass is 9.94. The van der Waals surface area contributed by atoms with Crippen molar-refractivity contribution in [2.45, 2.75) is 92.0 Å². The first kappa shape index (κ1) is 50.2. The van der Waals surface area contributed by atoms with Crippen LogP contribution in [0.2, 0.25) is 10.0 Å². The zero-order chi connectivity index (χ0) is 48.2. The Balaban J connectivity index is 1.22. The molecule has 0 radical (unpaired) electrons. The van der Waals surface area contributed by atoms with Crippen molar-refractivity contribution in [3.8, 4) is 34.4 Å². The van der Waals surface area contributed by atoms with E-state index < -0.39 is 30.5 Å². The van der Waals surface area contributed by atoms with Crippen molar-refractivity contribution in [1.29, 1.82) is 5.26 Å². The van der Waals surface area contributed by atoms with Crippen LogP contribution in [-0.2, 0) is 51.8 Å². The third kappa shape index (κ3) is 12.8. The Kier molecular flexibility index (Phi) is 17.6. The summed E-state index contributed by atoms with van der Waals surface area (Å²) in [4.78, 5) is 29.2. The second-order valence-corrected chi connectivity index (χ2v) is 17.4. The van der Waals surface area contributed by atoms with Crippen LogP contribution in [0.5, 0.6) is 17.2 Å². The second-order valence-electron chi connectivity index (χ2n) is 16.6. The molecule has 0 spiro atoms. The van der Waals surface area contributed by atoms with Gasteiger partial charge in [-0.05, 0) is 111 Å². The molecule has 0 aliphatic rings. The van der Waals surface area contributed by atoms with Crippen LogP contribution in [0.3, 0.4) is 0 Å². The van der Waals surface area contributed by atoms with Crippen LogP contribution in [0.15, 0.2) is 85.3 Å². The number of aliphatic hydroxyl groups excluding tert-OH is 2. The summed E-state index contributed by atoms with van der Waals surface area (Å²) in [6.45, 7) is 9.01. The standard InChI is InChI=1S/C51H55Cl2N5O9/c1-30(2)66-50(61)36(26-59)14-13-35-16-44(53)49(19-47(35)63-6)65-29-37-9-7-10-40(32(37)5)41-11-8-12-46-42(41)24-57-58(46)25-39-18-48(64-28-34-15-33(20-54)21-55-22-34)38(17-43(39)52)23-56-45(27-60)51(62)67-31(3)4/h7-12,15-19,21-22,24,30-31,36,45,56,59-60H,13-14,23,25-29H2,1-6H3/t36-,45-/m0/s1. The van der Waals surface area contributed by atoms with Crippen LogP contribution in [0.4, 0.5) is 0 Å². The fourth-order valence-electron chi connectivity index (χ4n) is 7.52. The van der Waals surface area contributed by atoms with E-state index in [0.29, 0.717) is 63.4 Å². The summed E-state index contributed by atoms with van der Waals surface area (Å²) in [6.07, 6.45) is 5.09. The fraction of sp³-hybridized carbons (Fsp3) is 0.353. The Labute approximate surface area is 400 Å². The number of methoxy groups -OCH3 is 1. The van der Waals surface area contributed by atoms with Gasteiger partial charge in [0.25, 0.3) is 0 Å². The number of carbonyl (C=O) groups is 2. The molecule has 16 heteroatoms. The summed E-state index contributed by atoms with van der Waals surface area (Å²) in [5.74, 6) is -0.221. The van der Waals surface area contributed by atoms with Crippen LogP contribution in [-0.4, -0.2) is 75.5 Å². The van der Waals surface area contributed by atoms with Crippen molar-refractivity contribution in [2.75, 3.05) is 20.3 Å². The monoisotopic (exact) mass is 951 g/mol. The number of pyridine rings is 1. The summed E-state index contributed by atoms with van der Waals surface area (Å²) in [7, 11) is 1.56. The maximum Gasteiger partial charge on any atom is 0.325 e. The SMILES string of the molecule is COc1cc(OCc2cccc(-c3cccc4c3cnn4Cc3cc(OCc4cncc(C#N)c4)c(CN[C@@H](CO)C(=O)OC(C)C)cc3Cl)c2C)c(Cl)cc1CC[C@@H](CO)C(=O)OC(C)C. The number of benzene rings is 4. The predicted octanol–water partition coefficient (Wildman–Crippen LogP) is 8.69. The molecule has 0 aliphatic heterocycles. The average Bonchev–Trinajstić information content (AvgIpc) is 3.72. The Hall–Kier alpha value is -6.21. The number of nitrogens with one attached hydrogen (secondary N) is 1. The molecule has 2 heterocycles. The van der Waals surface area contributed by atoms with E-state index in [-0.39, 0.29) is 38.6 Å². The van der Waals surface area contributed by atoms with Gasteiger partial charge in [-0.1, -0.05) is 53.5 Å². The molecule has 4 aromatic carbocycles. The van der Waals surface area contributed by atoms with Crippen LogP contribution in [0.25, 0.3) is 22.0 Å². The first-order chi connectivity index (χ1) is 32.2. The maximum atomic E-state index is 12.6. The fourth-order valence-corrected chi connectivity index (χ4v) is 8.00. The number of nitriles is 1. The topological polar surface area (TPSA) is 187 Å². The van der Waals surface area contributed by atoms with Crippen molar-refractivity contribution in [2.24, 2.45) is 5.92 Å². The summed E-state index contributed by atoms with van der Waals surface area (Å²) < 4.78 is 30.8. The van der Waals surface area contributed by atoms with Gasteiger partial charge in [-0.25, -0.2) is 0 Å². The number of ether oxygens (including phenoxy) is 5. The lowest BCUT2D eigenvalue weighted by Gasteiger charge is -2.19. The normalized spacial score (nSPS) is 12.2. The van der Waals surface area contributed by atoms with Gasteiger partial charge in [-0.3, -0.25) is 24.6 Å². The van der Waals surface area contributed by atoms with Gasteiger partial charge < -0.3 is 33.9 Å². The number of rotatable bonds is 22. The molecule has 14 nitrogen and oxygen atoms in total. The molecule has 0 bridgehead atoms. The number of carbonyl (C=O) groups excluding carboxylic acids is 2. The van der Waals surface area contributed by atoms with Gasteiger partial charge in [0.1, 0.15) is 42.6 Å².